The van der Waals surface area contributed by atoms with Gasteiger partial charge in [-0.05, 0) is 65.9 Å². The maximum Gasteiger partial charge on any atom is 0.294 e. The number of ether oxygens (including phenoxy) is 2. The predicted octanol–water partition coefficient (Wildman–Crippen LogP) is 4.53. The number of nitrogens with one attached hydrogen (secondary N) is 2. The number of para-hydroxylation sites is 1. The number of hydrogen-bond acceptors (Lipinski definition) is 7. The van der Waals surface area contributed by atoms with E-state index in [1.54, 1.807) is 42.5 Å². The summed E-state index contributed by atoms with van der Waals surface area (Å²) in [6.07, 6.45) is 1.49. The zero-order valence-corrected chi connectivity index (χ0v) is 20.9. The van der Waals surface area contributed by atoms with Crippen molar-refractivity contribution < 1.29 is 33.0 Å². The number of imide groups is 1. The van der Waals surface area contributed by atoms with Crippen LogP contribution in [0.3, 0.4) is 0 Å². The van der Waals surface area contributed by atoms with E-state index in [1.165, 1.54) is 31.4 Å². The van der Waals surface area contributed by atoms with Gasteiger partial charge in [-0.3, -0.25) is 24.1 Å². The molecule has 0 aromatic heterocycles. The van der Waals surface area contributed by atoms with E-state index in [1.807, 2.05) is 6.07 Å². The molecule has 4 rings (SSSR count). The molecule has 9 nitrogen and oxygen atoms in total. The molecule has 1 saturated heterocycles. The van der Waals surface area contributed by atoms with Crippen LogP contribution in [-0.2, 0) is 14.4 Å². The van der Waals surface area contributed by atoms with Crippen molar-refractivity contribution in [2.45, 2.75) is 0 Å². The van der Waals surface area contributed by atoms with Crippen LogP contribution in [0.5, 0.6) is 11.5 Å². The summed E-state index contributed by atoms with van der Waals surface area (Å²) in [5.41, 5.74) is 1.39. The topological polar surface area (TPSA) is 114 Å². The van der Waals surface area contributed by atoms with E-state index in [9.17, 15) is 23.6 Å². The van der Waals surface area contributed by atoms with Gasteiger partial charge in [0.25, 0.3) is 17.1 Å². The molecule has 0 radical (unpaired) electrons. The van der Waals surface area contributed by atoms with Crippen molar-refractivity contribution in [1.82, 2.24) is 4.90 Å². The highest BCUT2D eigenvalue weighted by Crippen LogP contribution is 2.34. The molecule has 38 heavy (non-hydrogen) atoms. The van der Waals surface area contributed by atoms with Crippen LogP contribution in [0.15, 0.2) is 77.7 Å². The van der Waals surface area contributed by atoms with Crippen LogP contribution in [0, 0.1) is 5.82 Å². The fourth-order valence-corrected chi connectivity index (χ4v) is 4.29. The predicted molar refractivity (Wildman–Crippen MR) is 141 cm³/mol. The highest BCUT2D eigenvalue weighted by atomic mass is 32.2. The van der Waals surface area contributed by atoms with Crippen molar-refractivity contribution in [3.05, 3.63) is 89.1 Å². The SMILES string of the molecule is COc1cc(/C=C2/SC(=O)N(CC(=O)Nc3cccc(F)c3)C2=O)ccc1OCC(=O)Nc1ccccc1. The van der Waals surface area contributed by atoms with Crippen LogP contribution in [0.2, 0.25) is 0 Å². The number of nitrogens with zero attached hydrogens (tertiary/aromatic N) is 1. The summed E-state index contributed by atoms with van der Waals surface area (Å²) in [4.78, 5) is 50.6. The number of benzene rings is 3. The number of amides is 4. The second-order valence-electron chi connectivity index (χ2n) is 7.94. The number of methoxy groups -OCH3 is 1. The lowest BCUT2D eigenvalue weighted by Gasteiger charge is -2.12. The molecule has 11 heteroatoms. The zero-order valence-electron chi connectivity index (χ0n) is 20.1. The van der Waals surface area contributed by atoms with Gasteiger partial charge in [-0.1, -0.05) is 30.3 Å². The highest BCUT2D eigenvalue weighted by Gasteiger charge is 2.36. The number of carbonyl (C=O) groups is 4. The third-order valence-electron chi connectivity index (χ3n) is 5.19. The molecule has 0 saturated carbocycles. The molecule has 3 aromatic rings. The minimum atomic E-state index is -0.640. The van der Waals surface area contributed by atoms with E-state index in [4.69, 9.17) is 9.47 Å². The van der Waals surface area contributed by atoms with Crippen LogP contribution in [0.1, 0.15) is 5.56 Å². The molecule has 4 amide bonds. The van der Waals surface area contributed by atoms with Gasteiger partial charge in [-0.25, -0.2) is 4.39 Å². The van der Waals surface area contributed by atoms with Crippen molar-refractivity contribution in [2.75, 3.05) is 30.9 Å². The summed E-state index contributed by atoms with van der Waals surface area (Å²) in [5.74, 6) is -1.52. The first-order valence-corrected chi connectivity index (χ1v) is 12.1. The smallest absolute Gasteiger partial charge is 0.294 e. The summed E-state index contributed by atoms with van der Waals surface area (Å²) in [6, 6.07) is 19.0. The zero-order chi connectivity index (χ0) is 27.1. The Morgan fingerprint density at radius 2 is 1.66 bits per heavy atom. The van der Waals surface area contributed by atoms with Gasteiger partial charge in [0.1, 0.15) is 12.4 Å². The van der Waals surface area contributed by atoms with Gasteiger partial charge in [0.15, 0.2) is 18.1 Å². The van der Waals surface area contributed by atoms with Gasteiger partial charge >= 0.3 is 0 Å². The molecule has 1 aliphatic heterocycles. The van der Waals surface area contributed by atoms with Crippen LogP contribution in [0.4, 0.5) is 20.6 Å². The maximum atomic E-state index is 13.3. The molecule has 194 valence electrons. The third-order valence-corrected chi connectivity index (χ3v) is 6.09. The van der Waals surface area contributed by atoms with E-state index in [-0.39, 0.29) is 23.1 Å². The van der Waals surface area contributed by atoms with Crippen LogP contribution in [0.25, 0.3) is 6.08 Å². The molecule has 1 fully saturated rings. The van der Waals surface area contributed by atoms with E-state index in [0.29, 0.717) is 34.5 Å². The average molecular weight is 536 g/mol. The second kappa shape index (κ2) is 12.1. The van der Waals surface area contributed by atoms with Crippen LogP contribution < -0.4 is 20.1 Å². The molecule has 0 atom stereocenters. The Balaban J connectivity index is 1.38. The van der Waals surface area contributed by atoms with Crippen molar-refractivity contribution in [2.24, 2.45) is 0 Å². The number of rotatable bonds is 9. The Bertz CT molecular complexity index is 1410. The third kappa shape index (κ3) is 6.77. The number of anilines is 2. The van der Waals surface area contributed by atoms with Crippen molar-refractivity contribution in [1.29, 1.82) is 0 Å². The molecular weight excluding hydrogens is 513 g/mol. The van der Waals surface area contributed by atoms with Gasteiger partial charge < -0.3 is 20.1 Å². The lowest BCUT2D eigenvalue weighted by atomic mass is 10.2. The first kappa shape index (κ1) is 26.4. The lowest BCUT2D eigenvalue weighted by Crippen LogP contribution is -2.36. The fourth-order valence-electron chi connectivity index (χ4n) is 3.45. The second-order valence-corrected chi connectivity index (χ2v) is 8.93. The Labute approximate surface area is 221 Å². The van der Waals surface area contributed by atoms with Crippen molar-refractivity contribution in [3.8, 4) is 11.5 Å². The number of hydrogen-bond donors (Lipinski definition) is 2. The molecule has 1 aliphatic rings. The monoisotopic (exact) mass is 535 g/mol. The largest absolute Gasteiger partial charge is 0.493 e. The first-order chi connectivity index (χ1) is 18.3. The Hall–Kier alpha value is -4.64. The highest BCUT2D eigenvalue weighted by molar-refractivity contribution is 8.18. The van der Waals surface area contributed by atoms with Crippen molar-refractivity contribution in [3.63, 3.8) is 0 Å². The van der Waals surface area contributed by atoms with E-state index < -0.39 is 29.4 Å². The summed E-state index contributed by atoms with van der Waals surface area (Å²) < 4.78 is 24.3. The van der Waals surface area contributed by atoms with E-state index in [2.05, 4.69) is 10.6 Å². The summed E-state index contributed by atoms with van der Waals surface area (Å²) in [6.45, 7) is -0.763. The molecule has 1 heterocycles. The first-order valence-electron chi connectivity index (χ1n) is 11.3. The quantitative estimate of drug-likeness (QED) is 0.387. The standard InChI is InChI=1S/C27H22FN3O6S/c1-36-22-12-17(10-11-21(22)37-16-25(33)29-19-7-3-2-4-8-19)13-23-26(34)31(27(35)38-23)15-24(32)30-20-9-5-6-18(28)14-20/h2-14H,15-16H2,1H3,(H,29,33)(H,30,32)/b23-13+. The molecule has 3 aromatic carbocycles. The normalized spacial score (nSPS) is 13.9. The molecule has 2 N–H and O–H groups in total. The fraction of sp³-hybridized carbons (Fsp3) is 0.111. The van der Waals surface area contributed by atoms with Gasteiger partial charge in [-0.2, -0.15) is 0 Å². The average Bonchev–Trinajstić information content (AvgIpc) is 3.15. The van der Waals surface area contributed by atoms with E-state index >= 15 is 0 Å². The van der Waals surface area contributed by atoms with E-state index in [0.717, 1.165) is 11.0 Å². The van der Waals surface area contributed by atoms with Gasteiger partial charge in [0.05, 0.1) is 12.0 Å². The minimum absolute atomic E-state index is 0.117. The molecule has 0 aliphatic carbocycles. The molecule has 0 unspecified atom stereocenters. The number of halogens is 1. The Morgan fingerprint density at radius 1 is 0.921 bits per heavy atom. The lowest BCUT2D eigenvalue weighted by molar-refractivity contribution is -0.127. The van der Waals surface area contributed by atoms with Gasteiger partial charge in [0, 0.05) is 11.4 Å². The van der Waals surface area contributed by atoms with Crippen LogP contribution in [-0.4, -0.2) is 48.1 Å². The number of thioether (sulfide) groups is 1. The van der Waals surface area contributed by atoms with Crippen LogP contribution >= 0.6 is 11.8 Å². The van der Waals surface area contributed by atoms with Crippen molar-refractivity contribution >= 4 is 52.2 Å². The molecular formula is C27H22FN3O6S. The molecule has 0 spiro atoms. The summed E-state index contributed by atoms with van der Waals surface area (Å²) in [7, 11) is 1.43. The maximum absolute atomic E-state index is 13.3. The van der Waals surface area contributed by atoms with Gasteiger partial charge in [0.2, 0.25) is 5.91 Å². The molecule has 0 bridgehead atoms. The number of carbonyl (C=O) groups excluding carboxylic acids is 4. The summed E-state index contributed by atoms with van der Waals surface area (Å²) in [5, 5.41) is 4.57. The van der Waals surface area contributed by atoms with Gasteiger partial charge in [-0.15, -0.1) is 0 Å². The minimum Gasteiger partial charge on any atom is -0.493 e. The summed E-state index contributed by atoms with van der Waals surface area (Å²) >= 11 is 0.694. The Kier molecular flexibility index (Phi) is 8.39. The Morgan fingerprint density at radius 3 is 2.39 bits per heavy atom.